The van der Waals surface area contributed by atoms with Crippen LogP contribution in [0.4, 0.5) is 4.39 Å². The highest BCUT2D eigenvalue weighted by Gasteiger charge is 2.17. The summed E-state index contributed by atoms with van der Waals surface area (Å²) in [5.41, 5.74) is 1.14. The van der Waals surface area contributed by atoms with Gasteiger partial charge >= 0.3 is 0 Å². The van der Waals surface area contributed by atoms with Crippen LogP contribution >= 0.6 is 23.2 Å². The number of hydrogen-bond acceptors (Lipinski definition) is 3. The molecule has 0 fully saturated rings. The van der Waals surface area contributed by atoms with Crippen molar-refractivity contribution in [3.05, 3.63) is 69.0 Å². The summed E-state index contributed by atoms with van der Waals surface area (Å²) in [7, 11) is 5.21. The summed E-state index contributed by atoms with van der Waals surface area (Å²) in [6.45, 7) is 0.352. The van der Waals surface area contributed by atoms with Crippen molar-refractivity contribution in [3.8, 4) is 0 Å². The number of carbonyl (C=O) groups excluding carboxylic acids is 2. The molecule has 0 heterocycles. The van der Waals surface area contributed by atoms with E-state index in [2.05, 4.69) is 10.6 Å². The predicted octanol–water partition coefficient (Wildman–Crippen LogP) is 3.39. The van der Waals surface area contributed by atoms with E-state index in [-0.39, 0.29) is 17.5 Å². The van der Waals surface area contributed by atoms with E-state index < -0.39 is 11.7 Å². The molecule has 0 bridgehead atoms. The van der Waals surface area contributed by atoms with Crippen LogP contribution in [0.15, 0.2) is 36.4 Å². The van der Waals surface area contributed by atoms with E-state index in [0.29, 0.717) is 28.6 Å². The van der Waals surface area contributed by atoms with Crippen molar-refractivity contribution in [2.45, 2.75) is 12.5 Å². The Bertz CT molecular complexity index is 875. The second kappa shape index (κ2) is 9.87. The van der Waals surface area contributed by atoms with Crippen LogP contribution in [-0.4, -0.2) is 50.4 Å². The van der Waals surface area contributed by atoms with Gasteiger partial charge in [-0.1, -0.05) is 29.3 Å². The SMILES string of the molecule is CNC(=O)c1ccc(C[C@@H](CNC(=O)c2ccc(Cl)c(Cl)c2)N(C)C)cc1F. The maximum absolute atomic E-state index is 14.2. The Balaban J connectivity index is 2.05. The number of nitrogens with one attached hydrogen (secondary N) is 2. The zero-order valence-electron chi connectivity index (χ0n) is 15.9. The first-order chi connectivity index (χ1) is 13.2. The van der Waals surface area contributed by atoms with Crippen LogP contribution in [-0.2, 0) is 6.42 Å². The van der Waals surface area contributed by atoms with Gasteiger partial charge in [-0.05, 0) is 56.4 Å². The molecule has 5 nitrogen and oxygen atoms in total. The Morgan fingerprint density at radius 2 is 1.79 bits per heavy atom. The number of nitrogens with zero attached hydrogens (tertiary/aromatic N) is 1. The van der Waals surface area contributed by atoms with Gasteiger partial charge in [0, 0.05) is 25.2 Å². The van der Waals surface area contributed by atoms with Gasteiger partial charge in [-0.3, -0.25) is 9.59 Å². The summed E-state index contributed by atoms with van der Waals surface area (Å²) in [4.78, 5) is 25.9. The molecular formula is C20H22Cl2FN3O2. The number of halogens is 3. The third-order valence-electron chi connectivity index (χ3n) is 4.39. The number of likely N-dealkylation sites (N-methyl/N-ethyl adjacent to an activating group) is 1. The van der Waals surface area contributed by atoms with Crippen molar-refractivity contribution in [1.82, 2.24) is 15.5 Å². The van der Waals surface area contributed by atoms with Gasteiger partial charge in [0.2, 0.25) is 0 Å². The lowest BCUT2D eigenvalue weighted by Gasteiger charge is -2.25. The average Bonchev–Trinajstić information content (AvgIpc) is 2.66. The van der Waals surface area contributed by atoms with Crippen LogP contribution < -0.4 is 10.6 Å². The van der Waals surface area contributed by atoms with E-state index in [1.54, 1.807) is 18.2 Å². The summed E-state index contributed by atoms with van der Waals surface area (Å²) in [6.07, 6.45) is 0.500. The maximum atomic E-state index is 14.2. The van der Waals surface area contributed by atoms with E-state index in [0.717, 1.165) is 5.56 Å². The third-order valence-corrected chi connectivity index (χ3v) is 5.13. The molecule has 2 rings (SSSR count). The van der Waals surface area contributed by atoms with Gasteiger partial charge in [0.1, 0.15) is 5.82 Å². The minimum atomic E-state index is -0.575. The molecule has 150 valence electrons. The largest absolute Gasteiger partial charge is 0.355 e. The summed E-state index contributed by atoms with van der Waals surface area (Å²) in [5.74, 6) is -1.32. The van der Waals surface area contributed by atoms with Crippen LogP contribution in [0.1, 0.15) is 26.3 Å². The molecule has 1 atom stereocenters. The average molecular weight is 426 g/mol. The summed E-state index contributed by atoms with van der Waals surface area (Å²) < 4.78 is 14.2. The zero-order chi connectivity index (χ0) is 20.8. The Labute approximate surface area is 173 Å². The first-order valence-electron chi connectivity index (χ1n) is 8.63. The molecule has 0 aliphatic rings. The van der Waals surface area contributed by atoms with Crippen LogP contribution in [0.2, 0.25) is 10.0 Å². The van der Waals surface area contributed by atoms with Crippen molar-refractivity contribution >= 4 is 35.0 Å². The van der Waals surface area contributed by atoms with Crippen LogP contribution in [0.3, 0.4) is 0 Å². The highest BCUT2D eigenvalue weighted by atomic mass is 35.5. The minimum Gasteiger partial charge on any atom is -0.355 e. The monoisotopic (exact) mass is 425 g/mol. The van der Waals surface area contributed by atoms with Crippen LogP contribution in [0.25, 0.3) is 0 Å². The van der Waals surface area contributed by atoms with E-state index in [1.165, 1.54) is 25.2 Å². The van der Waals surface area contributed by atoms with Gasteiger partial charge in [-0.2, -0.15) is 0 Å². The van der Waals surface area contributed by atoms with Gasteiger partial charge in [-0.25, -0.2) is 4.39 Å². The predicted molar refractivity (Wildman–Crippen MR) is 110 cm³/mol. The first kappa shape index (κ1) is 22.1. The molecule has 2 amide bonds. The molecule has 0 aromatic heterocycles. The fourth-order valence-electron chi connectivity index (χ4n) is 2.66. The normalized spacial score (nSPS) is 12.0. The Hall–Kier alpha value is -2.15. The summed E-state index contributed by atoms with van der Waals surface area (Å²) in [6, 6.07) is 9.13. The molecule has 2 N–H and O–H groups in total. The first-order valence-corrected chi connectivity index (χ1v) is 9.38. The molecule has 0 radical (unpaired) electrons. The minimum absolute atomic E-state index is 0.000530. The number of rotatable bonds is 7. The van der Waals surface area contributed by atoms with Gasteiger partial charge in [0.25, 0.3) is 11.8 Å². The number of hydrogen-bond donors (Lipinski definition) is 2. The van der Waals surface area contributed by atoms with Crippen molar-refractivity contribution in [3.63, 3.8) is 0 Å². The molecule has 0 unspecified atom stereocenters. The molecular weight excluding hydrogens is 404 g/mol. The lowest BCUT2D eigenvalue weighted by Crippen LogP contribution is -2.41. The molecule has 2 aromatic carbocycles. The fraction of sp³-hybridized carbons (Fsp3) is 0.300. The van der Waals surface area contributed by atoms with Crippen molar-refractivity contribution in [1.29, 1.82) is 0 Å². The van der Waals surface area contributed by atoms with E-state index >= 15 is 0 Å². The second-order valence-electron chi connectivity index (χ2n) is 6.55. The molecule has 0 saturated carbocycles. The number of amides is 2. The maximum Gasteiger partial charge on any atom is 0.253 e. The fourth-order valence-corrected chi connectivity index (χ4v) is 2.96. The number of carbonyl (C=O) groups is 2. The highest BCUT2D eigenvalue weighted by molar-refractivity contribution is 6.42. The molecule has 8 heteroatoms. The summed E-state index contributed by atoms with van der Waals surface area (Å²) >= 11 is 11.8. The van der Waals surface area contributed by atoms with Crippen LogP contribution in [0.5, 0.6) is 0 Å². The summed E-state index contributed by atoms with van der Waals surface area (Å²) in [5, 5.41) is 5.96. The van der Waals surface area contributed by atoms with Crippen molar-refractivity contribution in [2.75, 3.05) is 27.7 Å². The van der Waals surface area contributed by atoms with Crippen molar-refractivity contribution in [2.24, 2.45) is 0 Å². The Morgan fingerprint density at radius 3 is 2.36 bits per heavy atom. The quantitative estimate of drug-likeness (QED) is 0.714. The number of benzene rings is 2. The molecule has 2 aromatic rings. The zero-order valence-corrected chi connectivity index (χ0v) is 17.4. The Kier molecular flexibility index (Phi) is 7.80. The van der Waals surface area contributed by atoms with Gasteiger partial charge in [0.05, 0.1) is 15.6 Å². The van der Waals surface area contributed by atoms with E-state index in [9.17, 15) is 14.0 Å². The third kappa shape index (κ3) is 5.67. The van der Waals surface area contributed by atoms with E-state index in [1.807, 2.05) is 19.0 Å². The smallest absolute Gasteiger partial charge is 0.253 e. The standard InChI is InChI=1S/C20H22Cl2FN3O2/c1-24-20(28)15-6-4-12(9-18(15)23)8-14(26(2)3)11-25-19(27)13-5-7-16(21)17(22)10-13/h4-7,9-10,14H,8,11H2,1-3H3,(H,24,28)(H,25,27)/t14-/m0/s1. The topological polar surface area (TPSA) is 61.4 Å². The highest BCUT2D eigenvalue weighted by Crippen LogP contribution is 2.22. The second-order valence-corrected chi connectivity index (χ2v) is 7.37. The molecule has 0 aliphatic carbocycles. The van der Waals surface area contributed by atoms with Gasteiger partial charge in [-0.15, -0.1) is 0 Å². The van der Waals surface area contributed by atoms with Gasteiger partial charge < -0.3 is 15.5 Å². The molecule has 0 aliphatic heterocycles. The molecule has 0 saturated heterocycles. The van der Waals surface area contributed by atoms with Crippen LogP contribution in [0, 0.1) is 5.82 Å². The lowest BCUT2D eigenvalue weighted by atomic mass is 10.0. The lowest BCUT2D eigenvalue weighted by molar-refractivity contribution is 0.0938. The van der Waals surface area contributed by atoms with Gasteiger partial charge in [0.15, 0.2) is 0 Å². The molecule has 0 spiro atoms. The van der Waals surface area contributed by atoms with E-state index in [4.69, 9.17) is 23.2 Å². The van der Waals surface area contributed by atoms with Crippen molar-refractivity contribution < 1.29 is 14.0 Å². The molecule has 28 heavy (non-hydrogen) atoms. The Morgan fingerprint density at radius 1 is 1.07 bits per heavy atom.